The lowest BCUT2D eigenvalue weighted by molar-refractivity contribution is -0.140. The van der Waals surface area contributed by atoms with Crippen molar-refractivity contribution in [2.24, 2.45) is 0 Å². The molecule has 0 radical (unpaired) electrons. The maximum Gasteiger partial charge on any atom is 0.264 e. The highest BCUT2D eigenvalue weighted by molar-refractivity contribution is 7.92. The number of amides is 2. The molecule has 1 N–H and O–H groups in total. The molecule has 0 saturated heterocycles. The largest absolute Gasteiger partial charge is 0.352 e. The smallest absolute Gasteiger partial charge is 0.264 e. The van der Waals surface area contributed by atoms with Gasteiger partial charge < -0.3 is 10.2 Å². The van der Waals surface area contributed by atoms with Crippen molar-refractivity contribution in [2.45, 2.75) is 76.9 Å². The van der Waals surface area contributed by atoms with Crippen LogP contribution >= 0.6 is 11.6 Å². The molecule has 9 heteroatoms. The van der Waals surface area contributed by atoms with Crippen LogP contribution in [-0.2, 0) is 32.6 Å². The summed E-state index contributed by atoms with van der Waals surface area (Å²) in [5, 5.41) is 3.60. The van der Waals surface area contributed by atoms with Crippen LogP contribution in [0, 0.1) is 6.92 Å². The van der Waals surface area contributed by atoms with E-state index < -0.39 is 28.5 Å². The maximum absolute atomic E-state index is 14.6. The number of benzene rings is 4. The summed E-state index contributed by atoms with van der Waals surface area (Å²) in [6, 6.07) is 29.3. The summed E-state index contributed by atoms with van der Waals surface area (Å²) in [5.41, 5.74) is 3.95. The van der Waals surface area contributed by atoms with Gasteiger partial charge in [0, 0.05) is 24.0 Å². The van der Waals surface area contributed by atoms with Crippen LogP contribution in [0.3, 0.4) is 0 Å². The fourth-order valence-electron chi connectivity index (χ4n) is 5.17. The summed E-state index contributed by atoms with van der Waals surface area (Å²) in [7, 11) is -4.17. The molecule has 0 aliphatic heterocycles. The Morgan fingerprint density at radius 3 is 2.00 bits per heavy atom. The monoisotopic (exact) mass is 673 g/mol. The summed E-state index contributed by atoms with van der Waals surface area (Å²) in [6.45, 7) is 9.47. The van der Waals surface area contributed by atoms with E-state index in [1.807, 2.05) is 63.2 Å². The maximum atomic E-state index is 14.6. The van der Waals surface area contributed by atoms with Crippen LogP contribution in [0.2, 0.25) is 5.02 Å². The number of hydrogen-bond acceptors (Lipinski definition) is 4. The van der Waals surface area contributed by atoms with Gasteiger partial charge in [0.2, 0.25) is 11.8 Å². The van der Waals surface area contributed by atoms with E-state index in [1.54, 1.807) is 60.7 Å². The first-order valence-electron chi connectivity index (χ1n) is 16.0. The minimum atomic E-state index is -4.17. The van der Waals surface area contributed by atoms with Gasteiger partial charge in [-0.15, -0.1) is 0 Å². The van der Waals surface area contributed by atoms with Crippen LogP contribution in [0.4, 0.5) is 5.69 Å². The van der Waals surface area contributed by atoms with Gasteiger partial charge in [0.05, 0.1) is 10.6 Å². The second-order valence-corrected chi connectivity index (χ2v) is 14.5. The zero-order valence-corrected chi connectivity index (χ0v) is 29.3. The number of halogens is 1. The molecule has 0 unspecified atom stereocenters. The summed E-state index contributed by atoms with van der Waals surface area (Å²) in [5.74, 6) is -0.575. The lowest BCUT2D eigenvalue weighted by Crippen LogP contribution is -2.54. The van der Waals surface area contributed by atoms with Crippen molar-refractivity contribution in [2.75, 3.05) is 10.8 Å². The third-order valence-corrected chi connectivity index (χ3v) is 10.3. The van der Waals surface area contributed by atoms with Crippen LogP contribution in [0.25, 0.3) is 0 Å². The molecule has 4 rings (SSSR count). The zero-order valence-electron chi connectivity index (χ0n) is 27.7. The number of sulfonamides is 1. The molecule has 248 valence electrons. The van der Waals surface area contributed by atoms with Gasteiger partial charge in [-0.1, -0.05) is 105 Å². The fourth-order valence-corrected chi connectivity index (χ4v) is 6.71. The van der Waals surface area contributed by atoms with Gasteiger partial charge in [0.25, 0.3) is 10.0 Å². The SMILES string of the molecule is CC[C@@H](C)NC(=O)[C@H](Cc1ccccc1)N(Cc1ccc(Cl)cc1)C(=O)CN(c1ccc(C(C)C)cc1)S(=O)(=O)c1ccc(C)cc1. The normalized spacial score (nSPS) is 12.7. The van der Waals surface area contributed by atoms with Crippen molar-refractivity contribution >= 4 is 39.1 Å². The lowest BCUT2D eigenvalue weighted by atomic mass is 10.0. The molecule has 0 fully saturated rings. The Hall–Kier alpha value is -4.14. The third kappa shape index (κ3) is 9.46. The van der Waals surface area contributed by atoms with E-state index in [9.17, 15) is 18.0 Å². The van der Waals surface area contributed by atoms with Crippen molar-refractivity contribution in [3.8, 4) is 0 Å². The van der Waals surface area contributed by atoms with Gasteiger partial charge in [-0.05, 0) is 79.3 Å². The molecule has 0 saturated carbocycles. The van der Waals surface area contributed by atoms with Crippen LogP contribution < -0.4 is 9.62 Å². The number of hydrogen-bond donors (Lipinski definition) is 1. The molecule has 4 aromatic carbocycles. The number of nitrogens with zero attached hydrogens (tertiary/aromatic N) is 2. The molecule has 0 aromatic heterocycles. The summed E-state index contributed by atoms with van der Waals surface area (Å²) in [4.78, 5) is 30.1. The lowest BCUT2D eigenvalue weighted by Gasteiger charge is -2.34. The van der Waals surface area contributed by atoms with Gasteiger partial charge in [-0.25, -0.2) is 8.42 Å². The van der Waals surface area contributed by atoms with Gasteiger partial charge in [-0.3, -0.25) is 13.9 Å². The van der Waals surface area contributed by atoms with Crippen molar-refractivity contribution < 1.29 is 18.0 Å². The Labute approximate surface area is 284 Å². The number of carbonyl (C=O) groups excluding carboxylic acids is 2. The van der Waals surface area contributed by atoms with E-state index in [4.69, 9.17) is 11.6 Å². The Morgan fingerprint density at radius 1 is 0.809 bits per heavy atom. The second-order valence-electron chi connectivity index (χ2n) is 12.2. The number of nitrogens with one attached hydrogen (secondary N) is 1. The molecule has 47 heavy (non-hydrogen) atoms. The average molecular weight is 674 g/mol. The van der Waals surface area contributed by atoms with Gasteiger partial charge in [0.15, 0.2) is 0 Å². The molecule has 0 aliphatic carbocycles. The summed E-state index contributed by atoms with van der Waals surface area (Å²) < 4.78 is 29.7. The van der Waals surface area contributed by atoms with Crippen molar-refractivity contribution in [3.63, 3.8) is 0 Å². The van der Waals surface area contributed by atoms with E-state index >= 15 is 0 Å². The van der Waals surface area contributed by atoms with Gasteiger partial charge >= 0.3 is 0 Å². The highest BCUT2D eigenvalue weighted by Gasteiger charge is 2.35. The molecule has 0 aliphatic rings. The first-order chi connectivity index (χ1) is 22.4. The molecule has 0 heterocycles. The Balaban J connectivity index is 1.81. The predicted molar refractivity (Wildman–Crippen MR) is 190 cm³/mol. The highest BCUT2D eigenvalue weighted by Crippen LogP contribution is 2.27. The quantitative estimate of drug-likeness (QED) is 0.150. The molecule has 7 nitrogen and oxygen atoms in total. The summed E-state index contributed by atoms with van der Waals surface area (Å²) in [6.07, 6.45) is 0.958. The number of aryl methyl sites for hydroxylation is 1. The topological polar surface area (TPSA) is 86.8 Å². The van der Waals surface area contributed by atoms with Crippen molar-refractivity contribution in [1.29, 1.82) is 0 Å². The first-order valence-corrected chi connectivity index (χ1v) is 17.8. The average Bonchev–Trinajstić information content (AvgIpc) is 3.06. The van der Waals surface area contributed by atoms with E-state index in [2.05, 4.69) is 19.2 Å². The van der Waals surface area contributed by atoms with Crippen molar-refractivity contribution in [1.82, 2.24) is 10.2 Å². The number of carbonyl (C=O) groups is 2. The molecule has 4 aromatic rings. The van der Waals surface area contributed by atoms with E-state index in [0.717, 1.165) is 26.6 Å². The van der Waals surface area contributed by atoms with E-state index in [-0.39, 0.29) is 35.7 Å². The van der Waals surface area contributed by atoms with E-state index in [0.29, 0.717) is 17.1 Å². The minimum Gasteiger partial charge on any atom is -0.352 e. The Kier molecular flexibility index (Phi) is 12.2. The number of anilines is 1. The fraction of sp³-hybridized carbons (Fsp3) is 0.316. The Morgan fingerprint density at radius 2 is 1.43 bits per heavy atom. The second kappa shape index (κ2) is 16.1. The van der Waals surface area contributed by atoms with Gasteiger partial charge in [-0.2, -0.15) is 0 Å². The van der Waals surface area contributed by atoms with Crippen LogP contribution in [0.15, 0.2) is 108 Å². The van der Waals surface area contributed by atoms with E-state index in [1.165, 1.54) is 4.90 Å². The highest BCUT2D eigenvalue weighted by atomic mass is 35.5. The van der Waals surface area contributed by atoms with Crippen LogP contribution in [0.1, 0.15) is 62.3 Å². The molecular weight excluding hydrogens is 630 g/mol. The molecule has 0 spiro atoms. The zero-order chi connectivity index (χ0) is 34.1. The molecular formula is C38H44ClN3O4S. The van der Waals surface area contributed by atoms with Crippen molar-refractivity contribution in [3.05, 3.63) is 130 Å². The molecule has 2 amide bonds. The third-order valence-electron chi connectivity index (χ3n) is 8.27. The first kappa shape index (κ1) is 35.7. The molecule has 0 bridgehead atoms. The standard InChI is InChI=1S/C38H44ClN3O4S/c1-6-29(5)40-38(44)36(24-30-10-8-7-9-11-30)41(25-31-14-18-33(39)19-15-31)37(43)26-42(34-20-16-32(17-21-34)27(2)3)47(45,46)35-22-12-28(4)13-23-35/h7-23,27,29,36H,6,24-26H2,1-5H3,(H,40,44)/t29-,36+/m1/s1. The molecule has 2 atom stereocenters. The Bertz CT molecular complexity index is 1730. The van der Waals surface area contributed by atoms with Gasteiger partial charge in [0.1, 0.15) is 12.6 Å². The van der Waals surface area contributed by atoms with Crippen LogP contribution in [0.5, 0.6) is 0 Å². The number of rotatable bonds is 14. The van der Waals surface area contributed by atoms with Crippen LogP contribution in [-0.4, -0.2) is 43.8 Å². The summed E-state index contributed by atoms with van der Waals surface area (Å²) >= 11 is 6.17. The predicted octanol–water partition coefficient (Wildman–Crippen LogP) is 7.52. The minimum absolute atomic E-state index is 0.0726.